The number of esters is 2. The van der Waals surface area contributed by atoms with Gasteiger partial charge >= 0.3 is 11.9 Å². The maximum Gasteiger partial charge on any atom is 0.329 e. The molecule has 4 saturated heterocycles. The number of hydrogen-bond donors (Lipinski definition) is 7. The van der Waals surface area contributed by atoms with Crippen molar-refractivity contribution in [2.75, 3.05) is 60.1 Å². The van der Waals surface area contributed by atoms with Crippen LogP contribution >= 0.6 is 0 Å². The van der Waals surface area contributed by atoms with E-state index in [9.17, 15) is 53.4 Å². The van der Waals surface area contributed by atoms with Crippen LogP contribution in [0.2, 0.25) is 0 Å². The molecule has 0 radical (unpaired) electrons. The predicted molar refractivity (Wildman–Crippen MR) is 359 cm³/mol. The van der Waals surface area contributed by atoms with Crippen molar-refractivity contribution < 1.29 is 81.6 Å². The fourth-order valence-electron chi connectivity index (χ4n) is 13.5. The number of benzene rings is 4. The molecule has 8 N–H and O–H groups in total. The highest BCUT2D eigenvalue weighted by molar-refractivity contribution is 6.10. The van der Waals surface area contributed by atoms with Crippen molar-refractivity contribution in [2.45, 2.75) is 154 Å². The lowest BCUT2D eigenvalue weighted by Crippen LogP contribution is -2.61. The second-order valence-corrected chi connectivity index (χ2v) is 26.9. The summed E-state index contributed by atoms with van der Waals surface area (Å²) < 4.78 is 18.4. The highest BCUT2D eigenvalue weighted by Crippen LogP contribution is 2.36. The van der Waals surface area contributed by atoms with E-state index in [0.717, 1.165) is 14.7 Å². The third-order valence-corrected chi connectivity index (χ3v) is 19.0. The number of nitrogens with zero attached hydrogens (tertiary/aromatic N) is 7. The van der Waals surface area contributed by atoms with Gasteiger partial charge in [-0.05, 0) is 112 Å². The Kier molecular flexibility index (Phi) is 22.2. The summed E-state index contributed by atoms with van der Waals surface area (Å²) in [7, 11) is 5.50. The monoisotopic (exact) mass is 1380 g/mol. The van der Waals surface area contributed by atoms with E-state index in [4.69, 9.17) is 24.6 Å². The predicted octanol–water partition coefficient (Wildman–Crippen LogP) is 1.31. The number of aromatic hydroxyl groups is 2. The van der Waals surface area contributed by atoms with Gasteiger partial charge < -0.3 is 80.5 Å². The Balaban J connectivity index is 1.13. The topological polar surface area (TPSA) is 400 Å². The number of amides is 10. The average molecular weight is 1380 g/mol. The number of hydrogen-bond acceptors (Lipinski definition) is 20. The van der Waals surface area contributed by atoms with Crippen LogP contribution < -0.4 is 32.4 Å². The number of nitrogens with two attached hydrogens (primary N) is 1. The molecule has 30 heteroatoms. The molecule has 5 aliphatic heterocycles. The maximum atomic E-state index is 15.4. The van der Waals surface area contributed by atoms with Gasteiger partial charge in [-0.25, -0.2) is 14.6 Å². The number of aromatic nitrogens is 1. The van der Waals surface area contributed by atoms with Gasteiger partial charge in [0.2, 0.25) is 52.7 Å². The molecule has 0 unspecified atom stereocenters. The van der Waals surface area contributed by atoms with Gasteiger partial charge in [-0.2, -0.15) is 0 Å². The van der Waals surface area contributed by atoms with Crippen LogP contribution in [0.5, 0.6) is 11.5 Å². The normalized spacial score (nSPS) is 24.6. The number of nitrogen functional groups attached to an aromatic ring is 1. The first-order valence-electron chi connectivity index (χ1n) is 33.2. The molecular weight excluding hydrogens is 1300 g/mol. The van der Waals surface area contributed by atoms with Gasteiger partial charge in [-0.1, -0.05) is 58.0 Å². The molecular formula is C70H86N12O18. The van der Waals surface area contributed by atoms with Gasteiger partial charge in [-0.15, -0.1) is 0 Å². The molecule has 4 fully saturated rings. The number of cyclic esters (lactones) is 2. The molecule has 30 nitrogen and oxygen atoms in total. The number of nitrogens with one attached hydrogen (secondary N) is 4. The maximum absolute atomic E-state index is 15.4. The van der Waals surface area contributed by atoms with Crippen LogP contribution in [-0.4, -0.2) is 231 Å². The lowest BCUT2D eigenvalue weighted by Gasteiger charge is -2.35. The van der Waals surface area contributed by atoms with Crippen molar-refractivity contribution >= 4 is 87.8 Å². The molecule has 0 spiro atoms. The largest absolute Gasteiger partial charge is 0.508 e. The average Bonchev–Trinajstić information content (AvgIpc) is 1.01. The highest BCUT2D eigenvalue weighted by atomic mass is 16.6. The minimum Gasteiger partial charge on any atom is -0.508 e. The van der Waals surface area contributed by atoms with E-state index in [-0.39, 0.29) is 78.3 Å². The van der Waals surface area contributed by atoms with Crippen LogP contribution in [0, 0.1) is 25.7 Å². The summed E-state index contributed by atoms with van der Waals surface area (Å²) in [5.41, 5.74) is 4.14. The summed E-state index contributed by atoms with van der Waals surface area (Å²) in [5, 5.41) is 31.0. The summed E-state index contributed by atoms with van der Waals surface area (Å²) in [6.45, 7) is 11.3. The Labute approximate surface area is 576 Å². The Morgan fingerprint density at radius 2 is 1.03 bits per heavy atom. The van der Waals surface area contributed by atoms with Gasteiger partial charge in [-0.3, -0.25) is 52.7 Å². The van der Waals surface area contributed by atoms with Crippen LogP contribution in [0.15, 0.2) is 69.9 Å². The summed E-state index contributed by atoms with van der Waals surface area (Å²) in [6, 6.07) is 2.75. The first kappa shape index (κ1) is 73.6. The third kappa shape index (κ3) is 15.3. The number of carbonyl (C=O) groups excluding carboxylic acids is 12. The Morgan fingerprint density at radius 3 is 1.45 bits per heavy atom. The summed E-state index contributed by atoms with van der Waals surface area (Å²) in [6.07, 6.45) is -2.50. The molecule has 10 amide bonds. The summed E-state index contributed by atoms with van der Waals surface area (Å²) in [4.78, 5) is 202. The van der Waals surface area contributed by atoms with Crippen LogP contribution in [0.25, 0.3) is 22.6 Å². The van der Waals surface area contributed by atoms with E-state index >= 15 is 19.2 Å². The van der Waals surface area contributed by atoms with Gasteiger partial charge in [0.1, 0.15) is 83.3 Å². The lowest BCUT2D eigenvalue weighted by molar-refractivity contribution is -0.163. The molecule has 1 aliphatic carbocycles. The Bertz CT molecular complexity index is 4100. The zero-order valence-electron chi connectivity index (χ0n) is 57.9. The molecule has 3 aromatic carbocycles. The highest BCUT2D eigenvalue weighted by Gasteiger charge is 2.46. The number of fused-ring (bicyclic) bond motifs is 4. The lowest BCUT2D eigenvalue weighted by atomic mass is 9.98. The first-order chi connectivity index (χ1) is 47.2. The Morgan fingerprint density at radius 1 is 0.610 bits per heavy atom. The van der Waals surface area contributed by atoms with Crippen molar-refractivity contribution in [1.82, 2.24) is 55.7 Å². The molecule has 0 bridgehead atoms. The number of phenols is 2. The molecule has 0 saturated carbocycles. The third-order valence-electron chi connectivity index (χ3n) is 19.0. The van der Waals surface area contributed by atoms with Crippen LogP contribution in [0.3, 0.4) is 0 Å². The summed E-state index contributed by atoms with van der Waals surface area (Å²) in [5.74, 6) is -12.2. The van der Waals surface area contributed by atoms with Gasteiger partial charge in [0.05, 0.1) is 29.9 Å². The number of phenolic OH excluding ortho intramolecular Hbond substituents is 2. The van der Waals surface area contributed by atoms with Crippen molar-refractivity contribution in [3.63, 3.8) is 0 Å². The number of ether oxygens (including phenoxy) is 2. The molecule has 10 atom stereocenters. The molecule has 3 aromatic rings. The van der Waals surface area contributed by atoms with Crippen molar-refractivity contribution in [1.29, 1.82) is 0 Å². The fourth-order valence-corrected chi connectivity index (χ4v) is 13.5. The second kappa shape index (κ2) is 30.2. The SMILES string of the molecule is Cc1c2oc3c(C)ccc(C(=O)N[C@@H]4C(=O)N[C@H](Cc5ccc(O)cc5)C(=O)N5CCC[C@H]5C(=O)N(C)CC(=O)N(C)[C@@H](C(C)C)C(=O)O[C@@H]4C)c3nc-2c(C(=O)N[C@@H]2C(=O)N[C@H](Cc3ccc(O)cc3)C(=O)N3CCC[C@H]3C(=O)N(C)CC(=O)N(C)[C@@H](C(C)C)C(=O)O[C@@H]2C)c(N)c1=O. The van der Waals surface area contributed by atoms with E-state index in [2.05, 4.69) is 21.3 Å². The van der Waals surface area contributed by atoms with Crippen LogP contribution in [-0.2, 0) is 70.3 Å². The smallest absolute Gasteiger partial charge is 0.329 e. The molecule has 534 valence electrons. The zero-order valence-corrected chi connectivity index (χ0v) is 57.9. The number of rotatable bonds is 10. The van der Waals surface area contributed by atoms with Crippen molar-refractivity contribution in [3.05, 3.63) is 104 Å². The van der Waals surface area contributed by atoms with Crippen molar-refractivity contribution in [3.8, 4) is 23.0 Å². The number of aryl methyl sites for hydroxylation is 1. The van der Waals surface area contributed by atoms with Crippen LogP contribution in [0.1, 0.15) is 110 Å². The Hall–Kier alpha value is -10.7. The minimum absolute atomic E-state index is 0.0783. The number of carbonyl (C=O) groups is 12. The van der Waals surface area contributed by atoms with Gasteiger partial charge in [0.25, 0.3) is 11.8 Å². The summed E-state index contributed by atoms with van der Waals surface area (Å²) >= 11 is 0. The van der Waals surface area contributed by atoms with E-state index in [1.807, 2.05) is 0 Å². The zero-order chi connectivity index (χ0) is 73.2. The number of anilines is 1. The standard InChI is InChI=1S/C70H86N12O18/c1-33(2)56-69(96)98-37(7)52(63(90)72-44(29-39-18-22-41(83)23-19-39)65(92)81-27-13-15-46(81)67(94)77(9)31-48(85)79(56)11)75-61(88)43-26-17-35(5)59-54(43)74-55-50(51(71)58(87)36(6)60(55)100-59)62(89)76-53-38(8)99-70(97)57(34(3)4)80(12)49(86)32-78(10)68(95)47-16-14-28-82(47)66(93)45(73-64(53)91)30-40-20-24-42(84)25-21-40/h17-26,33-34,37-38,44-47,52-53,56-57,83-84H,13-16,27-32,71H2,1-12H3,(H,72,90)(H,73,91)(H,75,88)(H,76,89)/t37-,38-,44-,45-,46+,47+,52+,53+,56+,57+/m1/s1. The van der Waals surface area contributed by atoms with Gasteiger partial charge in [0, 0.05) is 59.7 Å². The molecule has 9 rings (SSSR count). The van der Waals surface area contributed by atoms with E-state index < -0.39 is 179 Å². The second-order valence-electron chi connectivity index (χ2n) is 26.9. The molecule has 6 aliphatic rings. The first-order valence-corrected chi connectivity index (χ1v) is 33.2. The van der Waals surface area contributed by atoms with Crippen LogP contribution in [0.4, 0.5) is 5.69 Å². The molecule has 0 aromatic heterocycles. The van der Waals surface area contributed by atoms with E-state index in [1.165, 1.54) is 124 Å². The quantitative estimate of drug-likeness (QED) is 0.0589. The fraction of sp³-hybridized carbons (Fsp3) is 0.486. The van der Waals surface area contributed by atoms with Gasteiger partial charge in [0.15, 0.2) is 11.3 Å². The molecule has 5 heterocycles. The van der Waals surface area contributed by atoms with Crippen molar-refractivity contribution in [2.24, 2.45) is 11.8 Å². The number of likely N-dealkylation sites (N-methyl/N-ethyl adjacent to an activating group) is 4. The van der Waals surface area contributed by atoms with E-state index in [0.29, 0.717) is 29.5 Å². The minimum atomic E-state index is -1.98. The molecule has 100 heavy (non-hydrogen) atoms. The van der Waals surface area contributed by atoms with E-state index in [1.54, 1.807) is 34.6 Å².